The van der Waals surface area contributed by atoms with Gasteiger partial charge in [0.1, 0.15) is 5.82 Å². The van der Waals surface area contributed by atoms with E-state index >= 15 is 0 Å². The summed E-state index contributed by atoms with van der Waals surface area (Å²) in [6.45, 7) is 2.47. The Morgan fingerprint density at radius 2 is 2.11 bits per heavy atom. The van der Waals surface area contributed by atoms with Gasteiger partial charge in [0.25, 0.3) is 5.91 Å². The molecule has 2 rings (SSSR count). The molecule has 1 heterocycles. The molecule has 0 atom stereocenters. The molecule has 0 aliphatic carbocycles. The second kappa shape index (κ2) is 5.69. The minimum absolute atomic E-state index is 0.0945. The Morgan fingerprint density at radius 1 is 1.39 bits per heavy atom. The van der Waals surface area contributed by atoms with E-state index in [0.717, 1.165) is 17.9 Å². The lowest BCUT2D eigenvalue weighted by molar-refractivity contribution is 0.0954. The van der Waals surface area contributed by atoms with E-state index in [1.807, 2.05) is 6.92 Å². The average molecular weight is 264 g/mol. The van der Waals surface area contributed by atoms with E-state index in [0.29, 0.717) is 17.1 Å². The van der Waals surface area contributed by atoms with Crippen LogP contribution >= 0.6 is 11.6 Å². The number of aromatic nitrogens is 2. The lowest BCUT2D eigenvalue weighted by Crippen LogP contribution is -2.25. The molecule has 4 nitrogen and oxygen atoms in total. The molecule has 0 saturated heterocycles. The molecule has 0 bridgehead atoms. The third-order valence-electron chi connectivity index (χ3n) is 2.54. The Balaban J connectivity index is 1.83. The van der Waals surface area contributed by atoms with Crippen molar-refractivity contribution < 1.29 is 4.79 Å². The number of hydrogen-bond donors (Lipinski definition) is 2. The van der Waals surface area contributed by atoms with Crippen LogP contribution in [0.15, 0.2) is 30.5 Å². The molecule has 2 N–H and O–H groups in total. The van der Waals surface area contributed by atoms with Crippen molar-refractivity contribution in [2.75, 3.05) is 6.54 Å². The first kappa shape index (κ1) is 12.6. The molecule has 94 valence electrons. The predicted octanol–water partition coefficient (Wildman–Crippen LogP) is 2.34. The minimum atomic E-state index is -0.0945. The van der Waals surface area contributed by atoms with Gasteiger partial charge in [-0.05, 0) is 31.2 Å². The van der Waals surface area contributed by atoms with E-state index < -0.39 is 0 Å². The van der Waals surface area contributed by atoms with Crippen LogP contribution in [0.1, 0.15) is 21.9 Å². The lowest BCUT2D eigenvalue weighted by Gasteiger charge is -2.04. The fourth-order valence-electron chi connectivity index (χ4n) is 1.61. The highest BCUT2D eigenvalue weighted by atomic mass is 35.5. The van der Waals surface area contributed by atoms with Crippen LogP contribution in [0.25, 0.3) is 0 Å². The molecular formula is C13H14ClN3O. The number of rotatable bonds is 4. The van der Waals surface area contributed by atoms with Crippen LogP contribution in [0.3, 0.4) is 0 Å². The number of carbonyl (C=O) groups is 1. The van der Waals surface area contributed by atoms with E-state index in [1.54, 1.807) is 30.5 Å². The van der Waals surface area contributed by atoms with E-state index in [4.69, 9.17) is 11.6 Å². The molecule has 2 aromatic rings. The molecule has 0 aliphatic heterocycles. The van der Waals surface area contributed by atoms with Crippen LogP contribution in [0.2, 0.25) is 5.02 Å². The second-order valence-corrected chi connectivity index (χ2v) is 4.44. The molecular weight excluding hydrogens is 250 g/mol. The van der Waals surface area contributed by atoms with Gasteiger partial charge in [0.05, 0.1) is 0 Å². The van der Waals surface area contributed by atoms with Crippen molar-refractivity contribution in [2.24, 2.45) is 0 Å². The van der Waals surface area contributed by atoms with Crippen LogP contribution in [0, 0.1) is 6.92 Å². The summed E-state index contributed by atoms with van der Waals surface area (Å²) in [4.78, 5) is 19.0. The predicted molar refractivity (Wildman–Crippen MR) is 70.8 cm³/mol. The Kier molecular flexibility index (Phi) is 3.99. The monoisotopic (exact) mass is 263 g/mol. The number of aryl methyl sites for hydroxylation is 1. The molecule has 0 saturated carbocycles. The van der Waals surface area contributed by atoms with Gasteiger partial charge >= 0.3 is 0 Å². The van der Waals surface area contributed by atoms with Gasteiger partial charge in [0.15, 0.2) is 0 Å². The summed E-state index contributed by atoms with van der Waals surface area (Å²) < 4.78 is 0. The maximum absolute atomic E-state index is 11.8. The summed E-state index contributed by atoms with van der Waals surface area (Å²) >= 11 is 5.76. The first-order valence-electron chi connectivity index (χ1n) is 5.69. The molecule has 18 heavy (non-hydrogen) atoms. The van der Waals surface area contributed by atoms with Crippen molar-refractivity contribution in [1.29, 1.82) is 0 Å². The molecule has 0 spiro atoms. The molecule has 0 radical (unpaired) electrons. The van der Waals surface area contributed by atoms with Gasteiger partial charge < -0.3 is 10.3 Å². The molecule has 1 amide bonds. The first-order valence-corrected chi connectivity index (χ1v) is 6.07. The first-order chi connectivity index (χ1) is 8.65. The molecule has 0 unspecified atom stereocenters. The van der Waals surface area contributed by atoms with Gasteiger partial charge in [-0.25, -0.2) is 4.98 Å². The highest BCUT2D eigenvalue weighted by Gasteiger charge is 2.04. The van der Waals surface area contributed by atoms with Gasteiger partial charge in [0, 0.05) is 35.4 Å². The fraction of sp³-hybridized carbons (Fsp3) is 0.231. The second-order valence-electron chi connectivity index (χ2n) is 4.01. The van der Waals surface area contributed by atoms with E-state index in [1.165, 1.54) is 0 Å². The Bertz CT molecular complexity index is 533. The van der Waals surface area contributed by atoms with Crippen molar-refractivity contribution in [3.8, 4) is 0 Å². The number of hydrogen-bond acceptors (Lipinski definition) is 2. The smallest absolute Gasteiger partial charge is 0.251 e. The van der Waals surface area contributed by atoms with Crippen molar-refractivity contribution >= 4 is 17.5 Å². The topological polar surface area (TPSA) is 57.8 Å². The third kappa shape index (κ3) is 3.34. The largest absolute Gasteiger partial charge is 0.352 e. The van der Waals surface area contributed by atoms with Crippen molar-refractivity contribution in [2.45, 2.75) is 13.3 Å². The van der Waals surface area contributed by atoms with Crippen LogP contribution in [0.4, 0.5) is 0 Å². The zero-order chi connectivity index (χ0) is 13.0. The number of carbonyl (C=O) groups excluding carboxylic acids is 1. The highest BCUT2D eigenvalue weighted by molar-refractivity contribution is 6.30. The molecule has 0 aliphatic rings. The van der Waals surface area contributed by atoms with E-state index in [9.17, 15) is 4.79 Å². The SMILES string of the molecule is Cc1ncc(CCNC(=O)c2ccc(Cl)cc2)[nH]1. The number of imidazole rings is 1. The number of halogens is 1. The van der Waals surface area contributed by atoms with Gasteiger partial charge in [-0.15, -0.1) is 0 Å². The zero-order valence-corrected chi connectivity index (χ0v) is 10.8. The summed E-state index contributed by atoms with van der Waals surface area (Å²) in [6, 6.07) is 6.82. The van der Waals surface area contributed by atoms with E-state index in [2.05, 4.69) is 15.3 Å². The standard InChI is InChI=1S/C13H14ClN3O/c1-9-16-8-12(17-9)6-7-15-13(18)10-2-4-11(14)5-3-10/h2-5,8H,6-7H2,1H3,(H,15,18)(H,16,17). The maximum atomic E-state index is 11.8. The van der Waals surface area contributed by atoms with Crippen LogP contribution in [-0.2, 0) is 6.42 Å². The summed E-state index contributed by atoms with van der Waals surface area (Å²) in [5, 5.41) is 3.47. The Hall–Kier alpha value is -1.81. The molecule has 0 fully saturated rings. The molecule has 1 aromatic heterocycles. The van der Waals surface area contributed by atoms with Crippen LogP contribution in [0.5, 0.6) is 0 Å². The number of benzene rings is 1. The molecule has 1 aromatic carbocycles. The quantitative estimate of drug-likeness (QED) is 0.890. The average Bonchev–Trinajstić information content (AvgIpc) is 2.76. The maximum Gasteiger partial charge on any atom is 0.251 e. The summed E-state index contributed by atoms with van der Waals surface area (Å²) in [5.41, 5.74) is 1.63. The lowest BCUT2D eigenvalue weighted by atomic mass is 10.2. The van der Waals surface area contributed by atoms with Crippen LogP contribution in [-0.4, -0.2) is 22.4 Å². The summed E-state index contributed by atoms with van der Waals surface area (Å²) in [7, 11) is 0. The van der Waals surface area contributed by atoms with Crippen LogP contribution < -0.4 is 5.32 Å². The van der Waals surface area contributed by atoms with Crippen molar-refractivity contribution in [3.05, 3.63) is 52.6 Å². The van der Waals surface area contributed by atoms with Gasteiger partial charge in [-0.1, -0.05) is 11.6 Å². The zero-order valence-electron chi connectivity index (χ0n) is 10.0. The Morgan fingerprint density at radius 3 is 2.72 bits per heavy atom. The summed E-state index contributed by atoms with van der Waals surface area (Å²) in [6.07, 6.45) is 2.52. The van der Waals surface area contributed by atoms with Crippen molar-refractivity contribution in [1.82, 2.24) is 15.3 Å². The van der Waals surface area contributed by atoms with Crippen molar-refractivity contribution in [3.63, 3.8) is 0 Å². The van der Waals surface area contributed by atoms with Gasteiger partial charge in [0.2, 0.25) is 0 Å². The highest BCUT2D eigenvalue weighted by Crippen LogP contribution is 2.09. The van der Waals surface area contributed by atoms with E-state index in [-0.39, 0.29) is 5.91 Å². The minimum Gasteiger partial charge on any atom is -0.352 e. The van der Waals surface area contributed by atoms with Gasteiger partial charge in [-0.2, -0.15) is 0 Å². The number of amides is 1. The normalized spacial score (nSPS) is 10.3. The Labute approximate surface area is 110 Å². The summed E-state index contributed by atoms with van der Waals surface area (Å²) in [5.74, 6) is 0.789. The number of nitrogens with one attached hydrogen (secondary N) is 2. The number of aromatic amines is 1. The molecule has 5 heteroatoms. The third-order valence-corrected chi connectivity index (χ3v) is 2.79. The van der Waals surface area contributed by atoms with Gasteiger partial charge in [-0.3, -0.25) is 4.79 Å². The number of H-pyrrole nitrogens is 1. The fourth-order valence-corrected chi connectivity index (χ4v) is 1.74. The number of nitrogens with zero attached hydrogens (tertiary/aromatic N) is 1.